The summed E-state index contributed by atoms with van der Waals surface area (Å²) in [4.78, 5) is 38.2. The first-order chi connectivity index (χ1) is 13.4. The number of rotatable bonds is 6. The lowest BCUT2D eigenvalue weighted by molar-refractivity contribution is -0.152. The van der Waals surface area contributed by atoms with Gasteiger partial charge in [0.05, 0.1) is 12.0 Å². The topological polar surface area (TPSA) is 75.7 Å². The van der Waals surface area contributed by atoms with E-state index < -0.39 is 11.9 Å². The molecule has 2 aromatic carbocycles. The van der Waals surface area contributed by atoms with Crippen LogP contribution in [-0.4, -0.2) is 30.9 Å². The molecular weight excluding hydrogens is 424 g/mol. The Kier molecular flexibility index (Phi) is 6.46. The van der Waals surface area contributed by atoms with Crippen molar-refractivity contribution >= 4 is 39.4 Å². The number of esters is 1. The first-order valence-electron chi connectivity index (χ1n) is 9.01. The standard InChI is InChI=1S/C21H21BrN2O4/c1-14(15-5-3-2-4-6-15)23-19(25)13-28-21(27)16-11-20(26)24(12-16)18-9-7-17(22)8-10-18/h2-10,14,16H,11-13H2,1H3,(H,23,25)/t14-,16+/m0/s1. The van der Waals surface area contributed by atoms with Crippen molar-refractivity contribution in [1.82, 2.24) is 5.32 Å². The van der Waals surface area contributed by atoms with Crippen molar-refractivity contribution in [3.8, 4) is 0 Å². The van der Waals surface area contributed by atoms with Crippen LogP contribution in [0.2, 0.25) is 0 Å². The minimum Gasteiger partial charge on any atom is -0.455 e. The van der Waals surface area contributed by atoms with Crippen molar-refractivity contribution in [1.29, 1.82) is 0 Å². The lowest BCUT2D eigenvalue weighted by atomic mass is 10.1. The largest absolute Gasteiger partial charge is 0.455 e. The Morgan fingerprint density at radius 2 is 1.86 bits per heavy atom. The smallest absolute Gasteiger partial charge is 0.311 e. The maximum atomic E-state index is 12.3. The molecule has 1 N–H and O–H groups in total. The second-order valence-corrected chi connectivity index (χ2v) is 7.61. The van der Waals surface area contributed by atoms with Gasteiger partial charge in [0.15, 0.2) is 6.61 Å². The summed E-state index contributed by atoms with van der Waals surface area (Å²) < 4.78 is 6.05. The van der Waals surface area contributed by atoms with Crippen molar-refractivity contribution < 1.29 is 19.1 Å². The van der Waals surface area contributed by atoms with E-state index in [4.69, 9.17) is 4.74 Å². The summed E-state index contributed by atoms with van der Waals surface area (Å²) in [7, 11) is 0. The summed E-state index contributed by atoms with van der Waals surface area (Å²) >= 11 is 3.35. The molecule has 7 heteroatoms. The Labute approximate surface area is 172 Å². The number of ether oxygens (including phenoxy) is 1. The van der Waals surface area contributed by atoms with E-state index in [0.29, 0.717) is 0 Å². The molecule has 6 nitrogen and oxygen atoms in total. The van der Waals surface area contributed by atoms with Gasteiger partial charge >= 0.3 is 5.97 Å². The molecule has 0 unspecified atom stereocenters. The van der Waals surface area contributed by atoms with E-state index in [1.165, 1.54) is 0 Å². The molecule has 2 atom stereocenters. The predicted molar refractivity (Wildman–Crippen MR) is 109 cm³/mol. The van der Waals surface area contributed by atoms with Crippen molar-refractivity contribution in [2.45, 2.75) is 19.4 Å². The molecule has 0 radical (unpaired) electrons. The van der Waals surface area contributed by atoms with E-state index in [1.807, 2.05) is 61.5 Å². The molecule has 1 aliphatic rings. The summed E-state index contributed by atoms with van der Waals surface area (Å²) in [5.41, 5.74) is 1.70. The summed E-state index contributed by atoms with van der Waals surface area (Å²) in [5, 5.41) is 2.79. The van der Waals surface area contributed by atoms with Gasteiger partial charge in [-0.15, -0.1) is 0 Å². The third-order valence-electron chi connectivity index (χ3n) is 4.62. The minimum atomic E-state index is -0.574. The summed E-state index contributed by atoms with van der Waals surface area (Å²) in [6.45, 7) is 1.75. The Balaban J connectivity index is 1.49. The zero-order valence-electron chi connectivity index (χ0n) is 15.4. The highest BCUT2D eigenvalue weighted by Crippen LogP contribution is 2.27. The van der Waals surface area contributed by atoms with Gasteiger partial charge in [0.1, 0.15) is 0 Å². The number of carbonyl (C=O) groups is 3. The minimum absolute atomic E-state index is 0.0803. The van der Waals surface area contributed by atoms with Crippen molar-refractivity contribution in [2.24, 2.45) is 5.92 Å². The van der Waals surface area contributed by atoms with Crippen molar-refractivity contribution in [3.63, 3.8) is 0 Å². The molecule has 0 bridgehead atoms. The predicted octanol–water partition coefficient (Wildman–Crippen LogP) is 3.22. The third kappa shape index (κ3) is 4.98. The number of anilines is 1. The Morgan fingerprint density at radius 3 is 2.54 bits per heavy atom. The molecule has 0 saturated carbocycles. The monoisotopic (exact) mass is 444 g/mol. The number of benzene rings is 2. The van der Waals surface area contributed by atoms with Gasteiger partial charge < -0.3 is 15.0 Å². The van der Waals surface area contributed by atoms with Gasteiger partial charge in [-0.05, 0) is 36.8 Å². The Morgan fingerprint density at radius 1 is 1.18 bits per heavy atom. The van der Waals surface area contributed by atoms with Crippen LogP contribution in [0.25, 0.3) is 0 Å². The van der Waals surface area contributed by atoms with Crippen molar-refractivity contribution in [3.05, 3.63) is 64.6 Å². The average Bonchev–Trinajstić information content (AvgIpc) is 3.09. The molecule has 0 spiro atoms. The van der Waals surface area contributed by atoms with E-state index in [2.05, 4.69) is 21.2 Å². The molecule has 1 aliphatic heterocycles. The quantitative estimate of drug-likeness (QED) is 0.693. The van der Waals surface area contributed by atoms with E-state index >= 15 is 0 Å². The molecule has 2 amide bonds. The van der Waals surface area contributed by atoms with Crippen LogP contribution in [0.5, 0.6) is 0 Å². The summed E-state index contributed by atoms with van der Waals surface area (Å²) in [6, 6.07) is 16.6. The van der Waals surface area contributed by atoms with Crippen LogP contribution < -0.4 is 10.2 Å². The lowest BCUT2D eigenvalue weighted by Crippen LogP contribution is -2.32. The summed E-state index contributed by atoms with van der Waals surface area (Å²) in [6.07, 6.45) is 0.0803. The maximum Gasteiger partial charge on any atom is 0.311 e. The molecule has 3 rings (SSSR count). The van der Waals surface area contributed by atoms with Gasteiger partial charge in [-0.3, -0.25) is 14.4 Å². The number of amides is 2. The molecule has 0 aromatic heterocycles. The maximum absolute atomic E-state index is 12.3. The van der Waals surface area contributed by atoms with E-state index in [0.717, 1.165) is 15.7 Å². The molecule has 146 valence electrons. The number of carbonyl (C=O) groups excluding carboxylic acids is 3. The fraction of sp³-hybridized carbons (Fsp3) is 0.286. The average molecular weight is 445 g/mol. The van der Waals surface area contributed by atoms with Crippen LogP contribution in [0.15, 0.2) is 59.1 Å². The molecular formula is C21H21BrN2O4. The highest BCUT2D eigenvalue weighted by atomic mass is 79.9. The fourth-order valence-corrected chi connectivity index (χ4v) is 3.36. The van der Waals surface area contributed by atoms with Gasteiger partial charge in [-0.1, -0.05) is 46.3 Å². The second kappa shape index (κ2) is 9.01. The van der Waals surface area contributed by atoms with Crippen LogP contribution in [0.3, 0.4) is 0 Å². The first-order valence-corrected chi connectivity index (χ1v) is 9.80. The highest BCUT2D eigenvalue weighted by molar-refractivity contribution is 9.10. The van der Waals surface area contributed by atoms with Gasteiger partial charge in [-0.25, -0.2) is 0 Å². The van der Waals surface area contributed by atoms with Crippen LogP contribution in [-0.2, 0) is 19.1 Å². The van der Waals surface area contributed by atoms with Crippen LogP contribution >= 0.6 is 15.9 Å². The highest BCUT2D eigenvalue weighted by Gasteiger charge is 2.36. The molecule has 1 fully saturated rings. The Hall–Kier alpha value is -2.67. The van der Waals surface area contributed by atoms with Crippen LogP contribution in [0.1, 0.15) is 24.9 Å². The number of hydrogen-bond donors (Lipinski definition) is 1. The molecule has 0 aliphatic carbocycles. The summed E-state index contributed by atoms with van der Waals surface area (Å²) in [5.74, 6) is -1.61. The number of hydrogen-bond acceptors (Lipinski definition) is 4. The lowest BCUT2D eigenvalue weighted by Gasteiger charge is -2.17. The molecule has 2 aromatic rings. The van der Waals surface area contributed by atoms with Gasteiger partial charge in [0, 0.05) is 23.1 Å². The number of nitrogens with zero attached hydrogens (tertiary/aromatic N) is 1. The van der Waals surface area contributed by atoms with E-state index in [1.54, 1.807) is 4.90 Å². The number of halogens is 1. The zero-order chi connectivity index (χ0) is 20.1. The van der Waals surface area contributed by atoms with Gasteiger partial charge in [0.2, 0.25) is 5.91 Å². The SMILES string of the molecule is C[C@H](NC(=O)COC(=O)[C@@H]1CC(=O)N(c2ccc(Br)cc2)C1)c1ccccc1. The van der Waals surface area contributed by atoms with Crippen LogP contribution in [0.4, 0.5) is 5.69 Å². The van der Waals surface area contributed by atoms with Gasteiger partial charge in [0.25, 0.3) is 5.91 Å². The second-order valence-electron chi connectivity index (χ2n) is 6.69. The Bertz CT molecular complexity index is 854. The van der Waals surface area contributed by atoms with E-state index in [-0.39, 0.29) is 37.4 Å². The molecule has 1 saturated heterocycles. The normalized spacial score (nSPS) is 17.3. The molecule has 28 heavy (non-hydrogen) atoms. The van der Waals surface area contributed by atoms with Crippen molar-refractivity contribution in [2.75, 3.05) is 18.1 Å². The van der Waals surface area contributed by atoms with Crippen LogP contribution in [0, 0.1) is 5.92 Å². The fourth-order valence-electron chi connectivity index (χ4n) is 3.10. The third-order valence-corrected chi connectivity index (χ3v) is 5.15. The van der Waals surface area contributed by atoms with Gasteiger partial charge in [-0.2, -0.15) is 0 Å². The van der Waals surface area contributed by atoms with E-state index in [9.17, 15) is 14.4 Å². The number of nitrogens with one attached hydrogen (secondary N) is 1. The molecule has 1 heterocycles. The zero-order valence-corrected chi connectivity index (χ0v) is 17.0. The first kappa shape index (κ1) is 20.1.